The molecular formula is C11H23NOS2. The van der Waals surface area contributed by atoms with Gasteiger partial charge in [-0.2, -0.15) is 23.5 Å². The van der Waals surface area contributed by atoms with Crippen LogP contribution in [0.25, 0.3) is 0 Å². The van der Waals surface area contributed by atoms with Crippen LogP contribution in [0.4, 0.5) is 0 Å². The average molecular weight is 249 g/mol. The molecule has 1 aliphatic rings. The van der Waals surface area contributed by atoms with Crippen LogP contribution in [0.15, 0.2) is 0 Å². The van der Waals surface area contributed by atoms with Gasteiger partial charge in [0.25, 0.3) is 0 Å². The van der Waals surface area contributed by atoms with E-state index in [9.17, 15) is 0 Å². The summed E-state index contributed by atoms with van der Waals surface area (Å²) in [5.41, 5.74) is 6.14. The lowest BCUT2D eigenvalue weighted by atomic mass is 10.2. The Bertz CT molecular complexity index is 180. The fraction of sp³-hybridized carbons (Fsp3) is 1.00. The summed E-state index contributed by atoms with van der Waals surface area (Å²) in [7, 11) is 0. The molecule has 0 aromatic carbocycles. The van der Waals surface area contributed by atoms with Gasteiger partial charge in [0.15, 0.2) is 0 Å². The molecule has 1 saturated heterocycles. The summed E-state index contributed by atoms with van der Waals surface area (Å²) in [6.45, 7) is 8.28. The minimum Gasteiger partial charge on any atom is -0.380 e. The number of ether oxygens (including phenoxy) is 1. The molecule has 0 bridgehead atoms. The fourth-order valence-electron chi connectivity index (χ4n) is 1.50. The quantitative estimate of drug-likeness (QED) is 0.759. The van der Waals surface area contributed by atoms with Gasteiger partial charge in [0.1, 0.15) is 0 Å². The summed E-state index contributed by atoms with van der Waals surface area (Å²) < 4.78 is 5.51. The maximum absolute atomic E-state index is 6.14. The van der Waals surface area contributed by atoms with Crippen LogP contribution in [0.5, 0.6) is 0 Å². The van der Waals surface area contributed by atoms with E-state index in [2.05, 4.69) is 20.8 Å². The topological polar surface area (TPSA) is 35.2 Å². The molecule has 0 saturated carbocycles. The minimum atomic E-state index is 0.198. The zero-order chi connectivity index (χ0) is 11.3. The van der Waals surface area contributed by atoms with Crippen molar-refractivity contribution in [1.82, 2.24) is 0 Å². The maximum atomic E-state index is 6.14. The Labute approximate surface area is 102 Å². The molecule has 0 aliphatic carbocycles. The summed E-state index contributed by atoms with van der Waals surface area (Å²) in [5.74, 6) is 1.17. The molecule has 2 N–H and O–H groups in total. The Morgan fingerprint density at radius 1 is 1.40 bits per heavy atom. The van der Waals surface area contributed by atoms with E-state index >= 15 is 0 Å². The lowest BCUT2D eigenvalue weighted by Gasteiger charge is -2.34. The first kappa shape index (κ1) is 13.7. The first-order valence-electron chi connectivity index (χ1n) is 5.75. The van der Waals surface area contributed by atoms with E-state index < -0.39 is 0 Å². The average Bonchev–Trinajstić information content (AvgIpc) is 2.22. The van der Waals surface area contributed by atoms with E-state index in [1.54, 1.807) is 0 Å². The molecule has 1 aliphatic heterocycles. The van der Waals surface area contributed by atoms with Crippen molar-refractivity contribution < 1.29 is 4.74 Å². The fourth-order valence-corrected chi connectivity index (χ4v) is 4.55. The van der Waals surface area contributed by atoms with Crippen molar-refractivity contribution in [2.45, 2.75) is 49.0 Å². The Morgan fingerprint density at radius 3 is 2.73 bits per heavy atom. The summed E-state index contributed by atoms with van der Waals surface area (Å²) in [4.78, 5) is 0. The molecule has 15 heavy (non-hydrogen) atoms. The molecule has 0 spiro atoms. The van der Waals surface area contributed by atoms with Crippen LogP contribution in [-0.4, -0.2) is 40.8 Å². The molecule has 4 unspecified atom stereocenters. The third-order valence-electron chi connectivity index (χ3n) is 2.71. The molecule has 1 fully saturated rings. The van der Waals surface area contributed by atoms with Gasteiger partial charge in [0, 0.05) is 34.2 Å². The first-order valence-corrected chi connectivity index (χ1v) is 7.74. The smallest absolute Gasteiger partial charge is 0.0628 e. The maximum Gasteiger partial charge on any atom is 0.0628 e. The van der Waals surface area contributed by atoms with E-state index in [1.165, 1.54) is 5.75 Å². The predicted octanol–water partition coefficient (Wildman–Crippen LogP) is 2.37. The van der Waals surface area contributed by atoms with Crippen LogP contribution >= 0.6 is 23.5 Å². The SMILES string of the molecule is CCCOCC(N)C1CSC(C)C(C)S1. The van der Waals surface area contributed by atoms with Gasteiger partial charge in [0.05, 0.1) is 6.61 Å². The Kier molecular flexibility index (Phi) is 6.43. The Balaban J connectivity index is 2.24. The van der Waals surface area contributed by atoms with Gasteiger partial charge in [-0.05, 0) is 6.42 Å². The van der Waals surface area contributed by atoms with Crippen molar-refractivity contribution in [3.05, 3.63) is 0 Å². The number of rotatable bonds is 5. The van der Waals surface area contributed by atoms with Crippen molar-refractivity contribution in [2.75, 3.05) is 19.0 Å². The van der Waals surface area contributed by atoms with Crippen molar-refractivity contribution in [1.29, 1.82) is 0 Å². The van der Waals surface area contributed by atoms with Crippen LogP contribution < -0.4 is 5.73 Å². The van der Waals surface area contributed by atoms with Gasteiger partial charge < -0.3 is 10.5 Å². The van der Waals surface area contributed by atoms with E-state index in [0.717, 1.165) is 18.3 Å². The standard InChI is InChI=1S/C11H23NOS2/c1-4-5-13-6-10(12)11-7-14-8(2)9(3)15-11/h8-11H,4-7,12H2,1-3H3. The van der Waals surface area contributed by atoms with Gasteiger partial charge >= 0.3 is 0 Å². The highest BCUT2D eigenvalue weighted by Crippen LogP contribution is 2.36. The van der Waals surface area contributed by atoms with Gasteiger partial charge in [-0.15, -0.1) is 0 Å². The van der Waals surface area contributed by atoms with E-state index in [4.69, 9.17) is 10.5 Å². The highest BCUT2D eigenvalue weighted by atomic mass is 32.2. The number of nitrogens with two attached hydrogens (primary N) is 1. The summed E-state index contributed by atoms with van der Waals surface area (Å²) in [6, 6.07) is 0.198. The van der Waals surface area contributed by atoms with Gasteiger partial charge in [-0.1, -0.05) is 20.8 Å². The van der Waals surface area contributed by atoms with Crippen LogP contribution in [0.3, 0.4) is 0 Å². The van der Waals surface area contributed by atoms with Crippen molar-refractivity contribution >= 4 is 23.5 Å². The Hall–Kier alpha value is 0.620. The highest BCUT2D eigenvalue weighted by molar-refractivity contribution is 8.07. The highest BCUT2D eigenvalue weighted by Gasteiger charge is 2.29. The van der Waals surface area contributed by atoms with Crippen LogP contribution in [0, 0.1) is 0 Å². The third-order valence-corrected chi connectivity index (χ3v) is 6.28. The van der Waals surface area contributed by atoms with Gasteiger partial charge in [-0.25, -0.2) is 0 Å². The zero-order valence-electron chi connectivity index (χ0n) is 9.94. The van der Waals surface area contributed by atoms with E-state index in [-0.39, 0.29) is 6.04 Å². The molecule has 2 nitrogen and oxygen atoms in total. The lowest BCUT2D eigenvalue weighted by Crippen LogP contribution is -2.42. The van der Waals surface area contributed by atoms with Gasteiger partial charge in [-0.3, -0.25) is 0 Å². The van der Waals surface area contributed by atoms with Crippen LogP contribution in [0.1, 0.15) is 27.2 Å². The monoisotopic (exact) mass is 249 g/mol. The minimum absolute atomic E-state index is 0.198. The van der Waals surface area contributed by atoms with Crippen molar-refractivity contribution in [3.8, 4) is 0 Å². The molecule has 4 heteroatoms. The lowest BCUT2D eigenvalue weighted by molar-refractivity contribution is 0.122. The van der Waals surface area contributed by atoms with E-state index in [1.807, 2.05) is 23.5 Å². The molecular weight excluding hydrogens is 226 g/mol. The second-order valence-electron chi connectivity index (χ2n) is 4.16. The number of thioether (sulfide) groups is 2. The summed E-state index contributed by atoms with van der Waals surface area (Å²) >= 11 is 4.08. The predicted molar refractivity (Wildman–Crippen MR) is 71.8 cm³/mol. The van der Waals surface area contributed by atoms with Crippen molar-refractivity contribution in [3.63, 3.8) is 0 Å². The van der Waals surface area contributed by atoms with Gasteiger partial charge in [0.2, 0.25) is 0 Å². The number of hydrogen-bond acceptors (Lipinski definition) is 4. The molecule has 0 amide bonds. The summed E-state index contributed by atoms with van der Waals surface area (Å²) in [5, 5.41) is 2.04. The second kappa shape index (κ2) is 7.05. The number of hydrogen-bond donors (Lipinski definition) is 1. The van der Waals surface area contributed by atoms with Crippen LogP contribution in [0.2, 0.25) is 0 Å². The molecule has 0 radical (unpaired) electrons. The third kappa shape index (κ3) is 4.55. The Morgan fingerprint density at radius 2 is 2.13 bits per heavy atom. The first-order chi connectivity index (χ1) is 7.15. The summed E-state index contributed by atoms with van der Waals surface area (Å²) in [6.07, 6.45) is 1.08. The largest absolute Gasteiger partial charge is 0.380 e. The van der Waals surface area contributed by atoms with Crippen molar-refractivity contribution in [2.24, 2.45) is 5.73 Å². The molecule has 0 aromatic rings. The molecule has 90 valence electrons. The molecule has 1 heterocycles. The van der Waals surface area contributed by atoms with Crippen LogP contribution in [-0.2, 0) is 4.74 Å². The molecule has 1 rings (SSSR count). The zero-order valence-corrected chi connectivity index (χ0v) is 11.6. The second-order valence-corrected chi connectivity index (χ2v) is 7.19. The molecule has 0 aromatic heterocycles. The normalized spacial score (nSPS) is 34.0. The molecule has 4 atom stereocenters. The van der Waals surface area contributed by atoms with E-state index in [0.29, 0.717) is 17.1 Å².